The van der Waals surface area contributed by atoms with E-state index in [4.69, 9.17) is 0 Å². The Morgan fingerprint density at radius 2 is 2.12 bits per heavy atom. The Morgan fingerprint density at radius 1 is 1.44 bits per heavy atom. The monoisotopic (exact) mass is 226 g/mol. The molecule has 4 heteroatoms. The van der Waals surface area contributed by atoms with Crippen molar-refractivity contribution in [1.82, 2.24) is 9.80 Å². The van der Waals surface area contributed by atoms with Crippen LogP contribution in [0.2, 0.25) is 0 Å². The van der Waals surface area contributed by atoms with Crippen molar-refractivity contribution in [3.8, 4) is 0 Å². The Morgan fingerprint density at radius 3 is 2.69 bits per heavy atom. The van der Waals surface area contributed by atoms with Crippen LogP contribution in [0.5, 0.6) is 0 Å². The minimum atomic E-state index is -0.576. The lowest BCUT2D eigenvalue weighted by atomic mass is 9.97. The molecule has 1 unspecified atom stereocenters. The molecule has 0 saturated carbocycles. The van der Waals surface area contributed by atoms with Crippen molar-refractivity contribution in [3.63, 3.8) is 0 Å². The normalized spacial score (nSPS) is 29.9. The first-order chi connectivity index (χ1) is 7.48. The summed E-state index contributed by atoms with van der Waals surface area (Å²) < 4.78 is 0. The Labute approximate surface area is 97.2 Å². The average molecular weight is 226 g/mol. The van der Waals surface area contributed by atoms with Gasteiger partial charge >= 0.3 is 0 Å². The summed E-state index contributed by atoms with van der Waals surface area (Å²) in [7, 11) is 0. The number of rotatable bonds is 2. The van der Waals surface area contributed by atoms with Crippen LogP contribution in [0.15, 0.2) is 0 Å². The SMILES string of the molecule is CC1CCCCN1C(=O)CN1CC(C)(O)C1. The molecule has 0 radical (unpaired) electrons. The van der Waals surface area contributed by atoms with Crippen molar-refractivity contribution in [3.05, 3.63) is 0 Å². The molecule has 2 fully saturated rings. The maximum Gasteiger partial charge on any atom is 0.236 e. The number of nitrogens with zero attached hydrogens (tertiary/aromatic N) is 2. The highest BCUT2D eigenvalue weighted by Gasteiger charge is 2.38. The van der Waals surface area contributed by atoms with E-state index in [2.05, 4.69) is 6.92 Å². The van der Waals surface area contributed by atoms with E-state index in [1.165, 1.54) is 6.42 Å². The number of carbonyl (C=O) groups is 1. The summed E-state index contributed by atoms with van der Waals surface area (Å²) in [6.07, 6.45) is 3.50. The minimum Gasteiger partial charge on any atom is -0.388 e. The zero-order valence-corrected chi connectivity index (χ0v) is 10.3. The summed E-state index contributed by atoms with van der Waals surface area (Å²) in [5, 5.41) is 9.59. The van der Waals surface area contributed by atoms with E-state index in [0.29, 0.717) is 25.7 Å². The predicted octanol–water partition coefficient (Wildman–Crippen LogP) is 0.454. The van der Waals surface area contributed by atoms with Gasteiger partial charge in [0.1, 0.15) is 0 Å². The van der Waals surface area contributed by atoms with Crippen LogP contribution in [-0.4, -0.2) is 58.6 Å². The molecular weight excluding hydrogens is 204 g/mol. The van der Waals surface area contributed by atoms with E-state index in [-0.39, 0.29) is 5.91 Å². The molecule has 0 aromatic rings. The Balaban J connectivity index is 1.79. The maximum atomic E-state index is 12.0. The van der Waals surface area contributed by atoms with Crippen LogP contribution in [-0.2, 0) is 4.79 Å². The third kappa shape index (κ3) is 2.55. The number of hydrogen-bond acceptors (Lipinski definition) is 3. The second-order valence-electron chi connectivity index (χ2n) is 5.57. The van der Waals surface area contributed by atoms with Crippen LogP contribution in [0.4, 0.5) is 0 Å². The first-order valence-corrected chi connectivity index (χ1v) is 6.22. The molecule has 2 rings (SSSR count). The zero-order valence-electron chi connectivity index (χ0n) is 10.3. The quantitative estimate of drug-likeness (QED) is 0.743. The lowest BCUT2D eigenvalue weighted by Crippen LogP contribution is -2.62. The molecule has 1 atom stereocenters. The zero-order chi connectivity index (χ0) is 11.8. The summed E-state index contributed by atoms with van der Waals surface area (Å²) in [5.74, 6) is 0.225. The van der Waals surface area contributed by atoms with Crippen LogP contribution >= 0.6 is 0 Å². The average Bonchev–Trinajstić information content (AvgIpc) is 2.15. The fraction of sp³-hybridized carbons (Fsp3) is 0.917. The van der Waals surface area contributed by atoms with E-state index in [1.54, 1.807) is 0 Å². The predicted molar refractivity (Wildman–Crippen MR) is 62.1 cm³/mol. The van der Waals surface area contributed by atoms with E-state index in [9.17, 15) is 9.90 Å². The second kappa shape index (κ2) is 4.34. The molecule has 0 spiro atoms. The molecule has 2 aliphatic rings. The van der Waals surface area contributed by atoms with Crippen LogP contribution in [0.1, 0.15) is 33.1 Å². The van der Waals surface area contributed by atoms with Crippen LogP contribution in [0.25, 0.3) is 0 Å². The Hall–Kier alpha value is -0.610. The maximum absolute atomic E-state index is 12.0. The first kappa shape index (κ1) is 11.9. The second-order valence-corrected chi connectivity index (χ2v) is 5.57. The van der Waals surface area contributed by atoms with Crippen LogP contribution in [0, 0.1) is 0 Å². The highest BCUT2D eigenvalue weighted by Crippen LogP contribution is 2.21. The Kier molecular flexibility index (Phi) is 3.22. The van der Waals surface area contributed by atoms with E-state index in [0.717, 1.165) is 19.4 Å². The van der Waals surface area contributed by atoms with E-state index >= 15 is 0 Å². The van der Waals surface area contributed by atoms with Crippen LogP contribution in [0.3, 0.4) is 0 Å². The lowest BCUT2D eigenvalue weighted by Gasteiger charge is -2.45. The van der Waals surface area contributed by atoms with E-state index in [1.807, 2.05) is 16.7 Å². The van der Waals surface area contributed by atoms with Crippen molar-refractivity contribution in [2.75, 3.05) is 26.2 Å². The molecule has 0 bridgehead atoms. The highest BCUT2D eigenvalue weighted by atomic mass is 16.3. The van der Waals surface area contributed by atoms with Gasteiger partial charge < -0.3 is 10.0 Å². The Bertz CT molecular complexity index is 270. The largest absolute Gasteiger partial charge is 0.388 e. The van der Waals surface area contributed by atoms with Gasteiger partial charge in [0, 0.05) is 25.7 Å². The van der Waals surface area contributed by atoms with Gasteiger partial charge in [-0.3, -0.25) is 9.69 Å². The van der Waals surface area contributed by atoms with Gasteiger partial charge in [-0.2, -0.15) is 0 Å². The first-order valence-electron chi connectivity index (χ1n) is 6.22. The molecule has 2 aliphatic heterocycles. The molecular formula is C12H22N2O2. The molecule has 0 aromatic heterocycles. The standard InChI is InChI=1S/C12H22N2O2/c1-10-5-3-4-6-14(10)11(15)7-13-8-12(2,16)9-13/h10,16H,3-9H2,1-2H3. The van der Waals surface area contributed by atoms with Crippen molar-refractivity contribution in [2.24, 2.45) is 0 Å². The summed E-state index contributed by atoms with van der Waals surface area (Å²) in [6, 6.07) is 0.392. The van der Waals surface area contributed by atoms with Crippen molar-refractivity contribution in [2.45, 2.75) is 44.8 Å². The lowest BCUT2D eigenvalue weighted by molar-refractivity contribution is -0.142. The van der Waals surface area contributed by atoms with E-state index < -0.39 is 5.60 Å². The minimum absolute atomic E-state index is 0.225. The molecule has 0 aromatic carbocycles. The topological polar surface area (TPSA) is 43.8 Å². The van der Waals surface area contributed by atoms with Gasteiger partial charge in [0.05, 0.1) is 12.1 Å². The molecule has 16 heavy (non-hydrogen) atoms. The molecule has 2 heterocycles. The number of likely N-dealkylation sites (tertiary alicyclic amines) is 2. The molecule has 1 N–H and O–H groups in total. The molecule has 4 nitrogen and oxygen atoms in total. The van der Waals surface area contributed by atoms with Gasteiger partial charge in [0.25, 0.3) is 0 Å². The highest BCUT2D eigenvalue weighted by molar-refractivity contribution is 5.78. The third-order valence-electron chi connectivity index (χ3n) is 3.61. The summed E-state index contributed by atoms with van der Waals surface area (Å²) in [5.41, 5.74) is -0.576. The summed E-state index contributed by atoms with van der Waals surface area (Å²) in [6.45, 7) is 6.58. The van der Waals surface area contributed by atoms with Gasteiger partial charge in [0.2, 0.25) is 5.91 Å². The van der Waals surface area contributed by atoms with Gasteiger partial charge in [0.15, 0.2) is 0 Å². The molecule has 0 aliphatic carbocycles. The summed E-state index contributed by atoms with van der Waals surface area (Å²) >= 11 is 0. The van der Waals surface area contributed by atoms with Crippen molar-refractivity contribution >= 4 is 5.91 Å². The smallest absolute Gasteiger partial charge is 0.236 e. The molecule has 1 amide bonds. The van der Waals surface area contributed by atoms with Gasteiger partial charge in [-0.15, -0.1) is 0 Å². The number of hydrogen-bond donors (Lipinski definition) is 1. The number of amides is 1. The van der Waals surface area contributed by atoms with Gasteiger partial charge in [-0.25, -0.2) is 0 Å². The van der Waals surface area contributed by atoms with Crippen molar-refractivity contribution < 1.29 is 9.90 Å². The summed E-state index contributed by atoms with van der Waals surface area (Å²) in [4.78, 5) is 16.0. The van der Waals surface area contributed by atoms with Crippen molar-refractivity contribution in [1.29, 1.82) is 0 Å². The fourth-order valence-corrected chi connectivity index (χ4v) is 2.78. The fourth-order valence-electron chi connectivity index (χ4n) is 2.78. The molecule has 2 saturated heterocycles. The van der Waals surface area contributed by atoms with Gasteiger partial charge in [-0.05, 0) is 33.1 Å². The number of aliphatic hydroxyl groups is 1. The number of piperidine rings is 1. The number of β-amino-alcohol motifs (C(OH)–C–C–N with tert-alkyl or cyclic N) is 1. The van der Waals surface area contributed by atoms with Crippen LogP contribution < -0.4 is 0 Å². The number of carbonyl (C=O) groups excluding carboxylic acids is 1. The third-order valence-corrected chi connectivity index (χ3v) is 3.61. The molecule has 92 valence electrons. The van der Waals surface area contributed by atoms with Gasteiger partial charge in [-0.1, -0.05) is 0 Å².